The molecule has 1 fully saturated rings. The summed E-state index contributed by atoms with van der Waals surface area (Å²) in [7, 11) is 1.66. The predicted molar refractivity (Wildman–Crippen MR) is 87.1 cm³/mol. The van der Waals surface area contributed by atoms with Crippen LogP contribution in [0.2, 0.25) is 0 Å². The normalized spacial score (nSPS) is 15.4. The summed E-state index contributed by atoms with van der Waals surface area (Å²) in [6.07, 6.45) is 3.29. The lowest BCUT2D eigenvalue weighted by molar-refractivity contribution is 0.278. The Hall–Kier alpha value is -2.00. The summed E-state index contributed by atoms with van der Waals surface area (Å²) >= 11 is 0. The van der Waals surface area contributed by atoms with Crippen LogP contribution in [0, 0.1) is 12.0 Å². The van der Waals surface area contributed by atoms with Crippen molar-refractivity contribution in [2.24, 2.45) is 11.7 Å². The molecule has 1 radical (unpaired) electrons. The van der Waals surface area contributed by atoms with Gasteiger partial charge in [-0.1, -0.05) is 36.4 Å². The van der Waals surface area contributed by atoms with Crippen LogP contribution >= 0.6 is 0 Å². The molecule has 0 spiro atoms. The van der Waals surface area contributed by atoms with Gasteiger partial charge < -0.3 is 15.2 Å². The standard InChI is InChI=1S/C19H22NO2/c1-21-19-16(17(20)12-14-6-3-2-4-7-14)8-5-9-18(19)22-13-15-10-11-15/h2-8,15,17H,10-13,20H2,1H3. The molecule has 3 rings (SSSR count). The predicted octanol–water partition coefficient (Wildman–Crippen LogP) is 3.53. The third kappa shape index (κ3) is 3.60. The summed E-state index contributed by atoms with van der Waals surface area (Å²) in [4.78, 5) is 0. The highest BCUT2D eigenvalue weighted by molar-refractivity contribution is 5.47. The molecule has 3 nitrogen and oxygen atoms in total. The molecule has 3 heteroatoms. The first kappa shape index (κ1) is 14.9. The van der Waals surface area contributed by atoms with Crippen LogP contribution in [0.4, 0.5) is 0 Å². The van der Waals surface area contributed by atoms with Crippen LogP contribution in [0.3, 0.4) is 0 Å². The minimum Gasteiger partial charge on any atom is -0.492 e. The van der Waals surface area contributed by atoms with Crippen LogP contribution in [-0.4, -0.2) is 13.7 Å². The molecule has 1 unspecified atom stereocenters. The Labute approximate surface area is 132 Å². The van der Waals surface area contributed by atoms with E-state index in [1.54, 1.807) is 7.11 Å². The van der Waals surface area contributed by atoms with Gasteiger partial charge in [-0.05, 0) is 36.8 Å². The van der Waals surface area contributed by atoms with E-state index in [0.29, 0.717) is 17.4 Å². The minimum absolute atomic E-state index is 0.129. The van der Waals surface area contributed by atoms with Crippen LogP contribution in [0.1, 0.15) is 30.0 Å². The molecule has 0 aromatic heterocycles. The van der Waals surface area contributed by atoms with Crippen LogP contribution in [0.5, 0.6) is 11.5 Å². The van der Waals surface area contributed by atoms with E-state index in [1.807, 2.05) is 30.3 Å². The lowest BCUT2D eigenvalue weighted by atomic mass is 9.98. The van der Waals surface area contributed by atoms with Crippen molar-refractivity contribution in [3.8, 4) is 11.5 Å². The monoisotopic (exact) mass is 296 g/mol. The minimum atomic E-state index is -0.129. The van der Waals surface area contributed by atoms with Crippen molar-refractivity contribution in [2.45, 2.75) is 25.3 Å². The molecule has 0 saturated heterocycles. The van der Waals surface area contributed by atoms with Crippen molar-refractivity contribution in [1.29, 1.82) is 0 Å². The molecule has 1 saturated carbocycles. The zero-order valence-electron chi connectivity index (χ0n) is 12.9. The van der Waals surface area contributed by atoms with Crippen LogP contribution < -0.4 is 15.2 Å². The zero-order valence-corrected chi connectivity index (χ0v) is 12.9. The Kier molecular flexibility index (Phi) is 4.64. The summed E-state index contributed by atoms with van der Waals surface area (Å²) in [5, 5.41) is 0. The van der Waals surface area contributed by atoms with E-state index in [-0.39, 0.29) is 6.04 Å². The average Bonchev–Trinajstić information content (AvgIpc) is 3.37. The van der Waals surface area contributed by atoms with Gasteiger partial charge in [0.25, 0.3) is 0 Å². The van der Waals surface area contributed by atoms with Crippen LogP contribution in [0.15, 0.2) is 42.5 Å². The van der Waals surface area contributed by atoms with Gasteiger partial charge in [0.05, 0.1) is 13.7 Å². The Morgan fingerprint density at radius 1 is 1.23 bits per heavy atom. The van der Waals surface area contributed by atoms with Crippen molar-refractivity contribution in [2.75, 3.05) is 13.7 Å². The van der Waals surface area contributed by atoms with E-state index in [1.165, 1.54) is 18.4 Å². The maximum absolute atomic E-state index is 6.39. The zero-order chi connectivity index (χ0) is 15.4. The summed E-state index contributed by atoms with van der Waals surface area (Å²) in [6.45, 7) is 0.740. The molecular weight excluding hydrogens is 274 g/mol. The van der Waals surface area contributed by atoms with Gasteiger partial charge in [0.15, 0.2) is 11.5 Å². The van der Waals surface area contributed by atoms with Crippen LogP contribution in [-0.2, 0) is 6.42 Å². The van der Waals surface area contributed by atoms with Crippen molar-refractivity contribution >= 4 is 0 Å². The van der Waals surface area contributed by atoms with Crippen molar-refractivity contribution < 1.29 is 9.47 Å². The number of benzene rings is 2. The molecule has 1 aliphatic rings. The second-order valence-corrected chi connectivity index (χ2v) is 5.85. The third-order valence-electron chi connectivity index (χ3n) is 4.01. The second kappa shape index (κ2) is 6.84. The maximum Gasteiger partial charge on any atom is 0.169 e. The number of methoxy groups -OCH3 is 1. The average molecular weight is 296 g/mol. The molecule has 0 bridgehead atoms. The molecule has 2 aromatic rings. The first-order valence-electron chi connectivity index (χ1n) is 7.79. The van der Waals surface area contributed by atoms with Gasteiger partial charge in [0, 0.05) is 17.7 Å². The molecule has 1 aliphatic carbocycles. The fourth-order valence-electron chi connectivity index (χ4n) is 2.55. The van der Waals surface area contributed by atoms with Crippen LogP contribution in [0.25, 0.3) is 0 Å². The highest BCUT2D eigenvalue weighted by atomic mass is 16.5. The first-order valence-corrected chi connectivity index (χ1v) is 7.79. The summed E-state index contributed by atoms with van der Waals surface area (Å²) in [6, 6.07) is 17.1. The quantitative estimate of drug-likeness (QED) is 0.850. The van der Waals surface area contributed by atoms with Gasteiger partial charge >= 0.3 is 0 Å². The van der Waals surface area contributed by atoms with Crippen molar-refractivity contribution in [1.82, 2.24) is 0 Å². The summed E-state index contributed by atoms with van der Waals surface area (Å²) < 4.78 is 11.4. The third-order valence-corrected chi connectivity index (χ3v) is 4.01. The summed E-state index contributed by atoms with van der Waals surface area (Å²) in [5.41, 5.74) is 8.57. The van der Waals surface area contributed by atoms with E-state index in [0.717, 1.165) is 18.6 Å². The van der Waals surface area contributed by atoms with Gasteiger partial charge in [-0.15, -0.1) is 0 Å². The van der Waals surface area contributed by atoms with Crippen molar-refractivity contribution in [3.63, 3.8) is 0 Å². The van der Waals surface area contributed by atoms with E-state index in [2.05, 4.69) is 18.2 Å². The second-order valence-electron chi connectivity index (χ2n) is 5.85. The van der Waals surface area contributed by atoms with Crippen molar-refractivity contribution in [3.05, 3.63) is 59.7 Å². The Morgan fingerprint density at radius 2 is 2.00 bits per heavy atom. The van der Waals surface area contributed by atoms with Gasteiger partial charge in [-0.2, -0.15) is 0 Å². The molecule has 115 valence electrons. The van der Waals surface area contributed by atoms with Gasteiger partial charge in [0.1, 0.15) is 0 Å². The first-order chi connectivity index (χ1) is 10.8. The molecule has 0 heterocycles. The largest absolute Gasteiger partial charge is 0.492 e. The Balaban J connectivity index is 1.77. The number of hydrogen-bond donors (Lipinski definition) is 1. The highest BCUT2D eigenvalue weighted by Crippen LogP contribution is 2.36. The molecule has 2 N–H and O–H groups in total. The molecule has 22 heavy (non-hydrogen) atoms. The number of hydrogen-bond acceptors (Lipinski definition) is 3. The molecule has 0 aliphatic heterocycles. The summed E-state index contributed by atoms with van der Waals surface area (Å²) in [5.74, 6) is 2.08. The van der Waals surface area contributed by atoms with Gasteiger partial charge in [-0.25, -0.2) is 0 Å². The smallest absolute Gasteiger partial charge is 0.169 e. The number of nitrogens with two attached hydrogens (primary N) is 1. The van der Waals surface area contributed by atoms with Gasteiger partial charge in [-0.3, -0.25) is 0 Å². The topological polar surface area (TPSA) is 44.5 Å². The fourth-order valence-corrected chi connectivity index (χ4v) is 2.55. The van der Waals surface area contributed by atoms with E-state index in [9.17, 15) is 0 Å². The molecule has 0 amide bonds. The lowest BCUT2D eigenvalue weighted by Gasteiger charge is -2.18. The Morgan fingerprint density at radius 3 is 2.68 bits per heavy atom. The number of ether oxygens (including phenoxy) is 2. The number of rotatable bonds is 7. The lowest BCUT2D eigenvalue weighted by Crippen LogP contribution is -2.15. The Bertz CT molecular complexity index is 608. The maximum atomic E-state index is 6.39. The highest BCUT2D eigenvalue weighted by Gasteiger charge is 2.23. The molecule has 1 atom stereocenters. The SMILES string of the molecule is COc1c(OCC2CC2)[c]ccc1C(N)Cc1ccccc1. The fraction of sp³-hybridized carbons (Fsp3) is 0.368. The molecular formula is C19H22NO2. The van der Waals surface area contributed by atoms with E-state index < -0.39 is 0 Å². The van der Waals surface area contributed by atoms with E-state index in [4.69, 9.17) is 15.2 Å². The van der Waals surface area contributed by atoms with Gasteiger partial charge in [0.2, 0.25) is 0 Å². The molecule has 2 aromatic carbocycles. The van der Waals surface area contributed by atoms with E-state index >= 15 is 0 Å².